The SMILES string of the molecule is Cc1c(OC2CC3CCC(C2)N3C(=O)c2ccc(N3CCN(CC4CCN(c5ccc6c(c5)C(=O)N(C5CCC(=O)NC5=O)C6=O)CC4)CC3)cc2)ccc(C#N)c1Cl. The van der Waals surface area contributed by atoms with Crippen LogP contribution >= 0.6 is 11.6 Å². The number of piperazine rings is 1. The van der Waals surface area contributed by atoms with Crippen molar-refractivity contribution >= 4 is 52.5 Å². The minimum Gasteiger partial charge on any atom is -0.490 e. The average Bonchev–Trinajstić information content (AvgIpc) is 3.66. The van der Waals surface area contributed by atoms with Crippen LogP contribution in [0.5, 0.6) is 5.75 Å². The molecular weight excluding hydrogens is 770 g/mol. The number of carbonyl (C=O) groups excluding carboxylic acids is 5. The van der Waals surface area contributed by atoms with Gasteiger partial charge in [0.15, 0.2) is 0 Å². The number of hydrogen-bond donors (Lipinski definition) is 1. The summed E-state index contributed by atoms with van der Waals surface area (Å²) in [4.78, 5) is 74.7. The molecule has 0 aromatic heterocycles. The minimum absolute atomic E-state index is 0.00590. The van der Waals surface area contributed by atoms with Gasteiger partial charge in [-0.2, -0.15) is 5.26 Å². The number of nitriles is 1. The smallest absolute Gasteiger partial charge is 0.262 e. The third-order valence-electron chi connectivity index (χ3n) is 13.4. The molecule has 6 aliphatic heterocycles. The Morgan fingerprint density at radius 1 is 0.814 bits per heavy atom. The molecule has 2 bridgehead atoms. The molecule has 5 fully saturated rings. The van der Waals surface area contributed by atoms with E-state index in [2.05, 4.69) is 43.1 Å². The van der Waals surface area contributed by atoms with Crippen LogP contribution in [0.3, 0.4) is 0 Å². The lowest BCUT2D eigenvalue weighted by Crippen LogP contribution is -2.54. The zero-order valence-electron chi connectivity index (χ0n) is 33.2. The molecular formula is C45H48ClN7O6. The number of amides is 5. The van der Waals surface area contributed by atoms with Gasteiger partial charge >= 0.3 is 0 Å². The van der Waals surface area contributed by atoms with Crippen molar-refractivity contribution in [1.29, 1.82) is 5.26 Å². The lowest BCUT2D eigenvalue weighted by atomic mass is 9.95. The van der Waals surface area contributed by atoms with Crippen LogP contribution in [0.2, 0.25) is 5.02 Å². The van der Waals surface area contributed by atoms with Gasteiger partial charge in [0, 0.05) is 99.7 Å². The zero-order chi connectivity index (χ0) is 40.9. The Labute approximate surface area is 348 Å². The molecule has 306 valence electrons. The van der Waals surface area contributed by atoms with Gasteiger partial charge in [-0.3, -0.25) is 39.1 Å². The molecule has 1 N–H and O–H groups in total. The first-order valence-electron chi connectivity index (χ1n) is 20.9. The van der Waals surface area contributed by atoms with Crippen LogP contribution in [0.15, 0.2) is 54.6 Å². The van der Waals surface area contributed by atoms with Crippen molar-refractivity contribution in [1.82, 2.24) is 20.0 Å². The molecule has 3 aromatic rings. The van der Waals surface area contributed by atoms with Crippen molar-refractivity contribution < 1.29 is 28.7 Å². The maximum atomic E-state index is 13.8. The van der Waals surface area contributed by atoms with Gasteiger partial charge in [-0.1, -0.05) is 11.6 Å². The van der Waals surface area contributed by atoms with E-state index >= 15 is 0 Å². The van der Waals surface area contributed by atoms with Gasteiger partial charge in [0.1, 0.15) is 24.0 Å². The Morgan fingerprint density at radius 2 is 1.47 bits per heavy atom. The Bertz CT molecular complexity index is 2230. The molecule has 9 rings (SSSR count). The predicted octanol–water partition coefficient (Wildman–Crippen LogP) is 5.17. The number of benzene rings is 3. The Balaban J connectivity index is 0.732. The summed E-state index contributed by atoms with van der Waals surface area (Å²) >= 11 is 6.39. The van der Waals surface area contributed by atoms with Crippen molar-refractivity contribution in [3.8, 4) is 11.8 Å². The normalized spacial score (nSPS) is 25.0. The van der Waals surface area contributed by atoms with Gasteiger partial charge < -0.3 is 19.4 Å². The molecule has 6 heterocycles. The van der Waals surface area contributed by atoms with E-state index in [0.717, 1.165) is 112 Å². The Hall–Kier alpha value is -5.45. The van der Waals surface area contributed by atoms with Crippen LogP contribution in [0.4, 0.5) is 11.4 Å². The van der Waals surface area contributed by atoms with Gasteiger partial charge in [0.25, 0.3) is 17.7 Å². The van der Waals surface area contributed by atoms with Crippen LogP contribution in [-0.2, 0) is 9.59 Å². The fourth-order valence-electron chi connectivity index (χ4n) is 10.2. The number of hydrogen-bond acceptors (Lipinski definition) is 10. The number of anilines is 2. The number of halogens is 1. The Morgan fingerprint density at radius 3 is 2.15 bits per heavy atom. The predicted molar refractivity (Wildman–Crippen MR) is 221 cm³/mol. The summed E-state index contributed by atoms with van der Waals surface area (Å²) in [6.45, 7) is 8.42. The van der Waals surface area contributed by atoms with E-state index in [4.69, 9.17) is 16.3 Å². The lowest BCUT2D eigenvalue weighted by molar-refractivity contribution is -0.136. The number of nitrogens with zero attached hydrogens (tertiary/aromatic N) is 6. The molecule has 5 amide bonds. The number of carbonyl (C=O) groups is 5. The molecule has 0 saturated carbocycles. The lowest BCUT2D eigenvalue weighted by Gasteiger charge is -2.40. The zero-order valence-corrected chi connectivity index (χ0v) is 34.0. The van der Waals surface area contributed by atoms with Gasteiger partial charge in [0.2, 0.25) is 11.8 Å². The fraction of sp³-hybridized carbons (Fsp3) is 0.467. The van der Waals surface area contributed by atoms with Crippen molar-refractivity contribution in [3.05, 3.63) is 87.4 Å². The van der Waals surface area contributed by atoms with Crippen molar-refractivity contribution in [2.45, 2.75) is 82.5 Å². The van der Waals surface area contributed by atoms with Gasteiger partial charge in [-0.15, -0.1) is 0 Å². The highest BCUT2D eigenvalue weighted by Crippen LogP contribution is 2.40. The van der Waals surface area contributed by atoms with Crippen molar-refractivity contribution in [2.75, 3.05) is 55.6 Å². The van der Waals surface area contributed by atoms with Crippen LogP contribution in [-0.4, -0.2) is 114 Å². The summed E-state index contributed by atoms with van der Waals surface area (Å²) < 4.78 is 6.40. The van der Waals surface area contributed by atoms with Crippen LogP contribution < -0.4 is 19.9 Å². The number of rotatable bonds is 8. The third kappa shape index (κ3) is 7.42. The molecule has 3 unspecified atom stereocenters. The number of nitrogens with one attached hydrogen (secondary N) is 1. The van der Waals surface area contributed by atoms with E-state index < -0.39 is 23.8 Å². The number of fused-ring (bicyclic) bond motifs is 3. The second kappa shape index (κ2) is 16.0. The van der Waals surface area contributed by atoms with Crippen molar-refractivity contribution in [3.63, 3.8) is 0 Å². The second-order valence-electron chi connectivity index (χ2n) is 16.9. The van der Waals surface area contributed by atoms with E-state index in [-0.39, 0.29) is 42.8 Å². The average molecular weight is 818 g/mol. The molecule has 59 heavy (non-hydrogen) atoms. The Kier molecular flexibility index (Phi) is 10.6. The standard InChI is InChI=1S/C45H48ClN7O6/c1-27-39(12-4-30(25-47)41(27)46)59-35-22-33-7-8-34(23-35)52(33)43(56)29-2-5-31(6-3-29)51-20-18-49(19-21-51)26-28-14-16-50(17-15-28)32-9-10-36-37(24-32)45(58)53(44(36)57)38-11-13-40(54)48-42(38)55/h2-6,9-10,12,24,28,33-35,38H,7-8,11,13-23,26H2,1H3,(H,48,54,55). The fourth-order valence-corrected chi connectivity index (χ4v) is 10.4. The van der Waals surface area contributed by atoms with E-state index in [1.165, 1.54) is 0 Å². The second-order valence-corrected chi connectivity index (χ2v) is 17.3. The first kappa shape index (κ1) is 39.0. The van der Waals surface area contributed by atoms with Gasteiger partial charge in [0.05, 0.1) is 21.7 Å². The first-order valence-corrected chi connectivity index (χ1v) is 21.3. The highest BCUT2D eigenvalue weighted by atomic mass is 35.5. The number of piperidine rings is 3. The summed E-state index contributed by atoms with van der Waals surface area (Å²) in [5.74, 6) is -0.599. The van der Waals surface area contributed by atoms with E-state index in [1.807, 2.05) is 31.2 Å². The first-order chi connectivity index (χ1) is 28.6. The van der Waals surface area contributed by atoms with Crippen LogP contribution in [0, 0.1) is 24.2 Å². The molecule has 6 aliphatic rings. The minimum atomic E-state index is -0.969. The molecule has 0 spiro atoms. The molecule has 13 nitrogen and oxygen atoms in total. The summed E-state index contributed by atoms with van der Waals surface area (Å²) in [5.41, 5.74) is 4.59. The van der Waals surface area contributed by atoms with Gasteiger partial charge in [-0.05, 0) is 99.5 Å². The van der Waals surface area contributed by atoms with Crippen LogP contribution in [0.1, 0.15) is 93.6 Å². The molecule has 0 radical (unpaired) electrons. The molecule has 3 atom stereocenters. The summed E-state index contributed by atoms with van der Waals surface area (Å²) in [7, 11) is 0. The highest BCUT2D eigenvalue weighted by Gasteiger charge is 2.46. The maximum absolute atomic E-state index is 13.8. The monoisotopic (exact) mass is 817 g/mol. The molecule has 5 saturated heterocycles. The van der Waals surface area contributed by atoms with Crippen molar-refractivity contribution in [2.24, 2.45) is 5.92 Å². The summed E-state index contributed by atoms with van der Waals surface area (Å²) in [6, 6.07) is 18.4. The maximum Gasteiger partial charge on any atom is 0.262 e. The van der Waals surface area contributed by atoms with E-state index in [1.54, 1.807) is 18.2 Å². The summed E-state index contributed by atoms with van der Waals surface area (Å²) in [6.07, 6.45) is 5.77. The number of imide groups is 2. The molecule has 14 heteroatoms. The van der Waals surface area contributed by atoms with Gasteiger partial charge in [-0.25, -0.2) is 0 Å². The summed E-state index contributed by atoms with van der Waals surface area (Å²) in [5, 5.41) is 12.0. The molecule has 0 aliphatic carbocycles. The number of ether oxygens (including phenoxy) is 1. The highest BCUT2D eigenvalue weighted by molar-refractivity contribution is 6.32. The quantitative estimate of drug-likeness (QED) is 0.302. The molecule has 3 aromatic carbocycles. The van der Waals surface area contributed by atoms with Crippen LogP contribution in [0.25, 0.3) is 0 Å². The topological polar surface area (TPSA) is 147 Å². The van der Waals surface area contributed by atoms with E-state index in [0.29, 0.717) is 33.4 Å². The third-order valence-corrected chi connectivity index (χ3v) is 13.9. The largest absolute Gasteiger partial charge is 0.490 e. The van der Waals surface area contributed by atoms with E-state index in [9.17, 15) is 29.2 Å².